The summed E-state index contributed by atoms with van der Waals surface area (Å²) in [5.74, 6) is 0. The lowest BCUT2D eigenvalue weighted by molar-refractivity contribution is 0.795. The predicted molar refractivity (Wildman–Crippen MR) is 79.4 cm³/mol. The van der Waals surface area contributed by atoms with Gasteiger partial charge in [-0.3, -0.25) is 0 Å². The Balaban J connectivity index is 2.72. The summed E-state index contributed by atoms with van der Waals surface area (Å²) in [5.41, 5.74) is 8.24. The third-order valence-corrected chi connectivity index (χ3v) is 3.50. The lowest BCUT2D eigenvalue weighted by Crippen LogP contribution is -2.18. The van der Waals surface area contributed by atoms with Crippen molar-refractivity contribution in [2.75, 3.05) is 18.5 Å². The number of halogens is 1. The number of unbranched alkanes of at least 4 members (excludes halogenated alkanes) is 1. The second-order valence-electron chi connectivity index (χ2n) is 4.35. The zero-order valence-electron chi connectivity index (χ0n) is 10.6. The van der Waals surface area contributed by atoms with Crippen LogP contribution in [0.15, 0.2) is 35.3 Å². The van der Waals surface area contributed by atoms with Crippen LogP contribution < -0.4 is 10.6 Å². The van der Waals surface area contributed by atoms with Crippen molar-refractivity contribution in [3.05, 3.63) is 40.9 Å². The summed E-state index contributed by atoms with van der Waals surface area (Å²) < 4.78 is 1.08. The fraction of sp³-hybridized carbons (Fsp3) is 0.429. The Morgan fingerprint density at radius 1 is 1.53 bits per heavy atom. The van der Waals surface area contributed by atoms with Gasteiger partial charge in [-0.05, 0) is 37.5 Å². The smallest absolute Gasteiger partial charge is 0.0375 e. The molecule has 1 atom stereocenters. The van der Waals surface area contributed by atoms with Gasteiger partial charge in [0.15, 0.2) is 0 Å². The van der Waals surface area contributed by atoms with Crippen molar-refractivity contribution in [2.24, 2.45) is 5.73 Å². The molecule has 0 bridgehead atoms. The SMILES string of the molecule is C=CCCCN(C)c1ccc(C(C)N)c(Br)c1. The molecule has 17 heavy (non-hydrogen) atoms. The molecule has 0 aliphatic rings. The first-order valence-corrected chi connectivity index (χ1v) is 6.72. The molecule has 1 aromatic rings. The maximum absolute atomic E-state index is 5.88. The van der Waals surface area contributed by atoms with E-state index in [0.717, 1.165) is 29.4 Å². The van der Waals surface area contributed by atoms with Crippen LogP contribution in [0.1, 0.15) is 31.4 Å². The Bertz CT molecular complexity index is 374. The molecule has 0 spiro atoms. The number of hydrogen-bond donors (Lipinski definition) is 1. The normalized spacial score (nSPS) is 12.2. The van der Waals surface area contributed by atoms with Gasteiger partial charge in [-0.25, -0.2) is 0 Å². The third kappa shape index (κ3) is 4.17. The van der Waals surface area contributed by atoms with Crippen molar-refractivity contribution in [3.63, 3.8) is 0 Å². The molecule has 0 aliphatic heterocycles. The highest BCUT2D eigenvalue weighted by Crippen LogP contribution is 2.27. The summed E-state index contributed by atoms with van der Waals surface area (Å²) in [7, 11) is 2.11. The number of rotatable bonds is 6. The van der Waals surface area contributed by atoms with Crippen LogP contribution >= 0.6 is 15.9 Å². The van der Waals surface area contributed by atoms with Gasteiger partial charge in [-0.1, -0.05) is 28.1 Å². The zero-order chi connectivity index (χ0) is 12.8. The van der Waals surface area contributed by atoms with E-state index in [2.05, 4.69) is 52.7 Å². The van der Waals surface area contributed by atoms with Crippen LogP contribution in [0.2, 0.25) is 0 Å². The van der Waals surface area contributed by atoms with Gasteiger partial charge in [0, 0.05) is 29.8 Å². The summed E-state index contributed by atoms with van der Waals surface area (Å²) in [6.45, 7) is 6.77. The largest absolute Gasteiger partial charge is 0.375 e. The molecule has 0 heterocycles. The molecule has 3 heteroatoms. The molecule has 2 nitrogen and oxygen atoms in total. The van der Waals surface area contributed by atoms with Crippen LogP contribution in [-0.2, 0) is 0 Å². The Morgan fingerprint density at radius 2 is 2.24 bits per heavy atom. The van der Waals surface area contributed by atoms with Gasteiger partial charge in [0.25, 0.3) is 0 Å². The van der Waals surface area contributed by atoms with Gasteiger partial charge in [-0.2, -0.15) is 0 Å². The molecule has 0 radical (unpaired) electrons. The fourth-order valence-electron chi connectivity index (χ4n) is 1.72. The van der Waals surface area contributed by atoms with E-state index >= 15 is 0 Å². The van der Waals surface area contributed by atoms with E-state index in [0.29, 0.717) is 0 Å². The molecule has 0 saturated carbocycles. The molecular weight excluding hydrogens is 276 g/mol. The number of benzene rings is 1. The topological polar surface area (TPSA) is 29.3 Å². The summed E-state index contributed by atoms with van der Waals surface area (Å²) >= 11 is 3.58. The molecule has 1 unspecified atom stereocenters. The molecule has 0 fully saturated rings. The van der Waals surface area contributed by atoms with Gasteiger partial charge in [0.2, 0.25) is 0 Å². The van der Waals surface area contributed by atoms with Gasteiger partial charge in [0.05, 0.1) is 0 Å². The highest BCUT2D eigenvalue weighted by molar-refractivity contribution is 9.10. The van der Waals surface area contributed by atoms with Crippen molar-refractivity contribution in [3.8, 4) is 0 Å². The number of allylic oxidation sites excluding steroid dienone is 1. The maximum Gasteiger partial charge on any atom is 0.0375 e. The molecular formula is C14H21BrN2. The lowest BCUT2D eigenvalue weighted by atomic mass is 10.1. The first kappa shape index (κ1) is 14.3. The predicted octanol–water partition coefficient (Wildman–Crippen LogP) is 3.87. The van der Waals surface area contributed by atoms with Crippen LogP contribution in [-0.4, -0.2) is 13.6 Å². The van der Waals surface area contributed by atoms with Gasteiger partial charge in [-0.15, -0.1) is 6.58 Å². The first-order valence-electron chi connectivity index (χ1n) is 5.93. The number of nitrogens with zero attached hydrogens (tertiary/aromatic N) is 1. The molecule has 0 aliphatic carbocycles. The van der Waals surface area contributed by atoms with Crippen molar-refractivity contribution in [1.82, 2.24) is 0 Å². The van der Waals surface area contributed by atoms with Crippen LogP contribution in [0.25, 0.3) is 0 Å². The minimum absolute atomic E-state index is 0.0597. The standard InChI is InChI=1S/C14H21BrN2/c1-4-5-6-9-17(3)12-7-8-13(11(2)16)14(15)10-12/h4,7-8,10-11H,1,5-6,9,16H2,2-3H3. The first-order chi connectivity index (χ1) is 8.06. The Morgan fingerprint density at radius 3 is 2.76 bits per heavy atom. The Labute approximate surface area is 113 Å². The minimum Gasteiger partial charge on any atom is -0.375 e. The van der Waals surface area contributed by atoms with Crippen molar-refractivity contribution >= 4 is 21.6 Å². The van der Waals surface area contributed by atoms with Crippen LogP contribution in [0.3, 0.4) is 0 Å². The number of anilines is 1. The summed E-state index contributed by atoms with van der Waals surface area (Å²) in [6, 6.07) is 6.41. The van der Waals surface area contributed by atoms with Crippen molar-refractivity contribution in [1.29, 1.82) is 0 Å². The van der Waals surface area contributed by atoms with Gasteiger partial charge < -0.3 is 10.6 Å². The van der Waals surface area contributed by atoms with E-state index in [9.17, 15) is 0 Å². The maximum atomic E-state index is 5.88. The quantitative estimate of drug-likeness (QED) is 0.638. The van der Waals surface area contributed by atoms with Crippen LogP contribution in [0, 0.1) is 0 Å². The molecule has 1 aromatic carbocycles. The van der Waals surface area contributed by atoms with E-state index < -0.39 is 0 Å². The highest BCUT2D eigenvalue weighted by atomic mass is 79.9. The van der Waals surface area contributed by atoms with Crippen molar-refractivity contribution in [2.45, 2.75) is 25.8 Å². The average Bonchev–Trinajstić information content (AvgIpc) is 2.28. The van der Waals surface area contributed by atoms with Gasteiger partial charge in [0.1, 0.15) is 0 Å². The average molecular weight is 297 g/mol. The summed E-state index contributed by atoms with van der Waals surface area (Å²) in [5, 5.41) is 0. The number of nitrogens with two attached hydrogens (primary N) is 1. The summed E-state index contributed by atoms with van der Waals surface area (Å²) in [6.07, 6.45) is 4.15. The molecule has 94 valence electrons. The number of hydrogen-bond acceptors (Lipinski definition) is 2. The van der Waals surface area contributed by atoms with E-state index in [-0.39, 0.29) is 6.04 Å². The van der Waals surface area contributed by atoms with E-state index in [1.54, 1.807) is 0 Å². The monoisotopic (exact) mass is 296 g/mol. The second-order valence-corrected chi connectivity index (χ2v) is 5.20. The van der Waals surface area contributed by atoms with E-state index in [1.807, 2.05) is 13.0 Å². The molecule has 0 aromatic heterocycles. The molecule has 2 N–H and O–H groups in total. The Kier molecular flexibility index (Phi) is 5.72. The highest BCUT2D eigenvalue weighted by Gasteiger charge is 2.07. The Hall–Kier alpha value is -0.800. The van der Waals surface area contributed by atoms with E-state index in [1.165, 1.54) is 5.69 Å². The molecule has 1 rings (SSSR count). The second kappa shape index (κ2) is 6.82. The summed E-state index contributed by atoms with van der Waals surface area (Å²) in [4.78, 5) is 2.25. The van der Waals surface area contributed by atoms with Crippen LogP contribution in [0.5, 0.6) is 0 Å². The van der Waals surface area contributed by atoms with Crippen molar-refractivity contribution < 1.29 is 0 Å². The zero-order valence-corrected chi connectivity index (χ0v) is 12.2. The fourth-order valence-corrected chi connectivity index (χ4v) is 2.45. The minimum atomic E-state index is 0.0597. The molecule has 0 amide bonds. The van der Waals surface area contributed by atoms with Gasteiger partial charge >= 0.3 is 0 Å². The molecule has 0 saturated heterocycles. The third-order valence-electron chi connectivity index (χ3n) is 2.82. The van der Waals surface area contributed by atoms with E-state index in [4.69, 9.17) is 5.73 Å². The van der Waals surface area contributed by atoms with Crippen LogP contribution in [0.4, 0.5) is 5.69 Å². The lowest BCUT2D eigenvalue weighted by Gasteiger charge is -2.20.